The molecule has 7 nitrogen and oxygen atoms in total. The van der Waals surface area contributed by atoms with E-state index in [0.717, 1.165) is 21.9 Å². The van der Waals surface area contributed by atoms with Crippen LogP contribution in [0.3, 0.4) is 0 Å². The number of hydrogen-bond donors (Lipinski definition) is 1. The second kappa shape index (κ2) is 7.71. The average molecular weight is 401 g/mol. The molecule has 2 heterocycles. The molecule has 1 aliphatic rings. The van der Waals surface area contributed by atoms with Gasteiger partial charge in [-0.25, -0.2) is 9.69 Å². The number of barbiturate groups is 1. The Hall–Kier alpha value is -4.13. The molecular weight excluding hydrogens is 382 g/mol. The molecule has 0 unspecified atom stereocenters. The predicted octanol–water partition coefficient (Wildman–Crippen LogP) is 3.46. The second-order valence-electron chi connectivity index (χ2n) is 6.84. The fourth-order valence-electron chi connectivity index (χ4n) is 3.17. The van der Waals surface area contributed by atoms with Crippen molar-refractivity contribution in [3.63, 3.8) is 0 Å². The predicted molar refractivity (Wildman–Crippen MR) is 113 cm³/mol. The summed E-state index contributed by atoms with van der Waals surface area (Å²) in [5.41, 5.74) is 2.84. The highest BCUT2D eigenvalue weighted by atomic mass is 16.5. The lowest BCUT2D eigenvalue weighted by molar-refractivity contribution is -0.122. The number of imide groups is 2. The van der Waals surface area contributed by atoms with Gasteiger partial charge in [-0.05, 0) is 61.0 Å². The number of nitrogens with zero attached hydrogens (tertiary/aromatic N) is 2. The van der Waals surface area contributed by atoms with E-state index in [1.54, 1.807) is 43.6 Å². The molecule has 1 N–H and O–H groups in total. The van der Waals surface area contributed by atoms with Crippen LogP contribution in [0, 0.1) is 6.92 Å². The van der Waals surface area contributed by atoms with Gasteiger partial charge in [-0.3, -0.25) is 14.9 Å². The quantitative estimate of drug-likeness (QED) is 0.536. The summed E-state index contributed by atoms with van der Waals surface area (Å²) < 4.78 is 7.02. The van der Waals surface area contributed by atoms with Crippen LogP contribution in [0.5, 0.6) is 5.75 Å². The van der Waals surface area contributed by atoms with Crippen LogP contribution in [0.4, 0.5) is 10.5 Å². The molecule has 0 bridgehead atoms. The third kappa shape index (κ3) is 3.60. The molecule has 0 saturated carbocycles. The first-order valence-electron chi connectivity index (χ1n) is 9.27. The summed E-state index contributed by atoms with van der Waals surface area (Å²) in [4.78, 5) is 38.5. The Morgan fingerprint density at radius 3 is 2.23 bits per heavy atom. The summed E-state index contributed by atoms with van der Waals surface area (Å²) in [6.07, 6.45) is 5.09. The SMILES string of the molecule is COc1ccc(-n2ccc(/C=C3/C(=O)NC(=O)N(c4ccc(C)cc4)C3=O)c2)cc1. The maximum atomic E-state index is 12.9. The number of benzene rings is 2. The molecule has 7 heteroatoms. The van der Waals surface area contributed by atoms with Gasteiger partial charge in [0.25, 0.3) is 11.8 Å². The maximum absolute atomic E-state index is 12.9. The van der Waals surface area contributed by atoms with E-state index in [0.29, 0.717) is 11.3 Å². The molecule has 3 aromatic rings. The largest absolute Gasteiger partial charge is 0.497 e. The number of urea groups is 1. The third-order valence-electron chi connectivity index (χ3n) is 4.79. The van der Waals surface area contributed by atoms with Crippen LogP contribution < -0.4 is 15.0 Å². The van der Waals surface area contributed by atoms with Crippen molar-refractivity contribution in [3.05, 3.63) is 83.7 Å². The third-order valence-corrected chi connectivity index (χ3v) is 4.79. The molecule has 150 valence electrons. The Bertz CT molecular complexity index is 1160. The van der Waals surface area contributed by atoms with E-state index in [9.17, 15) is 14.4 Å². The number of aryl methyl sites for hydroxylation is 1. The fourth-order valence-corrected chi connectivity index (χ4v) is 3.17. The number of anilines is 1. The highest BCUT2D eigenvalue weighted by Crippen LogP contribution is 2.23. The van der Waals surface area contributed by atoms with Gasteiger partial charge in [0, 0.05) is 18.1 Å². The Balaban J connectivity index is 1.64. The molecular formula is C23H19N3O4. The lowest BCUT2D eigenvalue weighted by Gasteiger charge is -2.26. The van der Waals surface area contributed by atoms with E-state index < -0.39 is 17.8 Å². The van der Waals surface area contributed by atoms with Crippen LogP contribution in [0.2, 0.25) is 0 Å². The van der Waals surface area contributed by atoms with Crippen molar-refractivity contribution in [2.24, 2.45) is 0 Å². The molecule has 30 heavy (non-hydrogen) atoms. The molecule has 1 fully saturated rings. The van der Waals surface area contributed by atoms with Crippen molar-refractivity contribution in [1.29, 1.82) is 0 Å². The van der Waals surface area contributed by atoms with Gasteiger partial charge < -0.3 is 9.30 Å². The van der Waals surface area contributed by atoms with Crippen LogP contribution in [0.15, 0.2) is 72.6 Å². The van der Waals surface area contributed by atoms with E-state index in [1.807, 2.05) is 42.0 Å². The first kappa shape index (κ1) is 19.2. The molecule has 1 saturated heterocycles. The van der Waals surface area contributed by atoms with Crippen molar-refractivity contribution in [1.82, 2.24) is 9.88 Å². The summed E-state index contributed by atoms with van der Waals surface area (Å²) >= 11 is 0. The number of ether oxygens (including phenoxy) is 1. The van der Waals surface area contributed by atoms with Gasteiger partial charge in [0.05, 0.1) is 12.8 Å². The Kier molecular flexibility index (Phi) is 4.93. The summed E-state index contributed by atoms with van der Waals surface area (Å²) in [6, 6.07) is 15.4. The van der Waals surface area contributed by atoms with Gasteiger partial charge >= 0.3 is 6.03 Å². The normalized spacial score (nSPS) is 15.5. The highest BCUT2D eigenvalue weighted by Gasteiger charge is 2.36. The molecule has 0 aliphatic carbocycles. The Morgan fingerprint density at radius 1 is 0.900 bits per heavy atom. The highest BCUT2D eigenvalue weighted by molar-refractivity contribution is 6.39. The van der Waals surface area contributed by atoms with Crippen LogP contribution >= 0.6 is 0 Å². The molecule has 0 atom stereocenters. The minimum absolute atomic E-state index is 0.109. The number of methoxy groups -OCH3 is 1. The van der Waals surface area contributed by atoms with Crippen LogP contribution in [-0.4, -0.2) is 29.5 Å². The smallest absolute Gasteiger partial charge is 0.335 e. The molecule has 0 spiro atoms. The molecule has 4 rings (SSSR count). The zero-order valence-electron chi connectivity index (χ0n) is 16.5. The maximum Gasteiger partial charge on any atom is 0.335 e. The molecule has 4 amide bonds. The fraction of sp³-hybridized carbons (Fsp3) is 0.0870. The Morgan fingerprint density at radius 2 is 1.57 bits per heavy atom. The first-order valence-corrected chi connectivity index (χ1v) is 9.27. The van der Waals surface area contributed by atoms with E-state index in [1.165, 1.54) is 6.08 Å². The second-order valence-corrected chi connectivity index (χ2v) is 6.84. The minimum Gasteiger partial charge on any atom is -0.497 e. The number of rotatable bonds is 4. The van der Waals surface area contributed by atoms with Gasteiger partial charge in [-0.15, -0.1) is 0 Å². The van der Waals surface area contributed by atoms with Crippen LogP contribution in [-0.2, 0) is 9.59 Å². The van der Waals surface area contributed by atoms with Crippen molar-refractivity contribution < 1.29 is 19.1 Å². The number of nitrogens with one attached hydrogen (secondary N) is 1. The first-order chi connectivity index (χ1) is 14.5. The van der Waals surface area contributed by atoms with Crippen molar-refractivity contribution in [2.75, 3.05) is 12.0 Å². The average Bonchev–Trinajstić information content (AvgIpc) is 3.21. The van der Waals surface area contributed by atoms with E-state index in [2.05, 4.69) is 5.32 Å². The topological polar surface area (TPSA) is 80.6 Å². The van der Waals surface area contributed by atoms with Crippen molar-refractivity contribution in [2.45, 2.75) is 6.92 Å². The van der Waals surface area contributed by atoms with Gasteiger partial charge in [-0.1, -0.05) is 17.7 Å². The lowest BCUT2D eigenvalue weighted by Crippen LogP contribution is -2.54. The zero-order chi connectivity index (χ0) is 21.3. The van der Waals surface area contributed by atoms with Gasteiger partial charge in [0.1, 0.15) is 11.3 Å². The molecule has 2 aromatic carbocycles. The lowest BCUT2D eigenvalue weighted by atomic mass is 10.1. The summed E-state index contributed by atoms with van der Waals surface area (Å²) in [5.74, 6) is -0.631. The van der Waals surface area contributed by atoms with Gasteiger partial charge in [0.2, 0.25) is 0 Å². The summed E-state index contributed by atoms with van der Waals surface area (Å²) in [6.45, 7) is 1.91. The zero-order valence-corrected chi connectivity index (χ0v) is 16.5. The van der Waals surface area contributed by atoms with Gasteiger partial charge in [-0.2, -0.15) is 0 Å². The molecule has 0 radical (unpaired) electrons. The van der Waals surface area contributed by atoms with Crippen LogP contribution in [0.25, 0.3) is 11.8 Å². The molecule has 1 aliphatic heterocycles. The monoisotopic (exact) mass is 401 g/mol. The van der Waals surface area contributed by atoms with E-state index >= 15 is 0 Å². The van der Waals surface area contributed by atoms with E-state index in [4.69, 9.17) is 4.74 Å². The van der Waals surface area contributed by atoms with E-state index in [-0.39, 0.29) is 5.57 Å². The minimum atomic E-state index is -0.762. The summed E-state index contributed by atoms with van der Waals surface area (Å²) in [7, 11) is 1.60. The number of carbonyl (C=O) groups is 3. The van der Waals surface area contributed by atoms with Crippen molar-refractivity contribution in [3.8, 4) is 11.4 Å². The number of hydrogen-bond acceptors (Lipinski definition) is 4. The van der Waals surface area contributed by atoms with Crippen LogP contribution in [0.1, 0.15) is 11.1 Å². The van der Waals surface area contributed by atoms with Gasteiger partial charge in [0.15, 0.2) is 0 Å². The standard InChI is InChI=1S/C23H19N3O4/c1-15-3-5-18(6-4-15)26-22(28)20(21(27)24-23(26)29)13-16-11-12-25(14-16)17-7-9-19(30-2)10-8-17/h3-14H,1-2H3,(H,24,27,29)/b20-13-. The Labute approximate surface area is 173 Å². The molecule has 1 aromatic heterocycles. The number of amides is 4. The van der Waals surface area contributed by atoms with Crippen molar-refractivity contribution >= 4 is 29.6 Å². The number of aromatic nitrogens is 1. The number of carbonyl (C=O) groups excluding carboxylic acids is 3. The summed E-state index contributed by atoms with van der Waals surface area (Å²) in [5, 5.41) is 2.23.